The van der Waals surface area contributed by atoms with Gasteiger partial charge >= 0.3 is 0 Å². The van der Waals surface area contributed by atoms with Crippen LogP contribution in [0.15, 0.2) is 72.5 Å². The zero-order valence-corrected chi connectivity index (χ0v) is 19.2. The second kappa shape index (κ2) is 9.31. The first kappa shape index (κ1) is 22.2. The summed E-state index contributed by atoms with van der Waals surface area (Å²) in [5.41, 5.74) is 2.35. The van der Waals surface area contributed by atoms with Gasteiger partial charge in [0.15, 0.2) is 5.65 Å². The van der Waals surface area contributed by atoms with Gasteiger partial charge in [-0.2, -0.15) is 5.10 Å². The number of hydrogen-bond donors (Lipinski definition) is 1. The summed E-state index contributed by atoms with van der Waals surface area (Å²) in [7, 11) is 0. The van der Waals surface area contributed by atoms with Crippen molar-refractivity contribution in [1.29, 1.82) is 0 Å². The maximum atomic E-state index is 12.9. The van der Waals surface area contributed by atoms with Crippen molar-refractivity contribution in [2.24, 2.45) is 0 Å². The Morgan fingerprint density at radius 3 is 2.80 bits per heavy atom. The van der Waals surface area contributed by atoms with Crippen molar-refractivity contribution >= 4 is 39.7 Å². The number of ether oxygens (including phenoxy) is 1. The number of aromatic nitrogens is 4. The highest BCUT2D eigenvalue weighted by atomic mass is 32.1. The maximum Gasteiger partial charge on any atom is 0.275 e. The van der Waals surface area contributed by atoms with Gasteiger partial charge in [0.1, 0.15) is 18.0 Å². The largest absolute Gasteiger partial charge is 0.455 e. The van der Waals surface area contributed by atoms with E-state index < -0.39 is 10.8 Å². The van der Waals surface area contributed by atoms with E-state index >= 15 is 0 Å². The van der Waals surface area contributed by atoms with Crippen LogP contribution in [0.1, 0.15) is 5.69 Å². The number of anilines is 1. The summed E-state index contributed by atoms with van der Waals surface area (Å²) in [6, 6.07) is 13.4. The highest BCUT2D eigenvalue weighted by Gasteiger charge is 2.18. The molecule has 4 heterocycles. The third-order valence-corrected chi connectivity index (χ3v) is 6.05. The summed E-state index contributed by atoms with van der Waals surface area (Å²) in [6.45, 7) is 1.75. The first-order valence-electron chi connectivity index (χ1n) is 10.5. The van der Waals surface area contributed by atoms with E-state index in [9.17, 15) is 14.9 Å². The summed E-state index contributed by atoms with van der Waals surface area (Å²) in [4.78, 5) is 33.2. The van der Waals surface area contributed by atoms with Crippen LogP contribution in [0.5, 0.6) is 11.5 Å². The van der Waals surface area contributed by atoms with Gasteiger partial charge in [-0.15, -0.1) is 11.3 Å². The molecule has 0 spiro atoms. The zero-order valence-electron chi connectivity index (χ0n) is 18.4. The Labute approximate surface area is 203 Å². The van der Waals surface area contributed by atoms with Crippen molar-refractivity contribution < 1.29 is 14.5 Å². The quantitative estimate of drug-likeness (QED) is 0.247. The summed E-state index contributed by atoms with van der Waals surface area (Å²) < 4.78 is 7.20. The lowest BCUT2D eigenvalue weighted by molar-refractivity contribution is -0.384. The molecule has 174 valence electrons. The maximum absolute atomic E-state index is 12.9. The summed E-state index contributed by atoms with van der Waals surface area (Å²) in [5.74, 6) is 0.201. The van der Waals surface area contributed by atoms with Gasteiger partial charge in [0, 0.05) is 35.0 Å². The number of nitrogens with zero attached hydrogens (tertiary/aromatic N) is 5. The second-order valence-electron chi connectivity index (χ2n) is 7.59. The molecule has 35 heavy (non-hydrogen) atoms. The summed E-state index contributed by atoms with van der Waals surface area (Å²) in [6.07, 6.45) is 4.76. The molecule has 5 rings (SSSR count). The Morgan fingerprint density at radius 2 is 2.06 bits per heavy atom. The van der Waals surface area contributed by atoms with E-state index in [0.717, 1.165) is 21.5 Å². The lowest BCUT2D eigenvalue weighted by Crippen LogP contribution is -2.20. The molecule has 0 unspecified atom stereocenters. The van der Waals surface area contributed by atoms with Gasteiger partial charge in [-0.25, -0.2) is 9.67 Å². The molecular weight excluding hydrogens is 468 g/mol. The molecule has 0 bridgehead atoms. The monoisotopic (exact) mass is 486 g/mol. The van der Waals surface area contributed by atoms with Gasteiger partial charge in [0.2, 0.25) is 5.91 Å². The molecule has 0 aliphatic carbocycles. The number of rotatable bonds is 7. The topological polar surface area (TPSA) is 125 Å². The molecule has 0 fully saturated rings. The van der Waals surface area contributed by atoms with Crippen molar-refractivity contribution in [2.75, 3.05) is 5.32 Å². The Bertz CT molecular complexity index is 1530. The number of pyridine rings is 2. The number of aryl methyl sites for hydroxylation is 1. The Hall–Kier alpha value is -4.64. The van der Waals surface area contributed by atoms with Crippen molar-refractivity contribution in [2.45, 2.75) is 13.5 Å². The van der Waals surface area contributed by atoms with E-state index in [-0.39, 0.29) is 23.7 Å². The number of benzene rings is 1. The van der Waals surface area contributed by atoms with Crippen molar-refractivity contribution in [1.82, 2.24) is 19.7 Å². The number of nitro benzene ring substituents is 1. The minimum absolute atomic E-state index is 0.118. The van der Waals surface area contributed by atoms with Gasteiger partial charge in [0.05, 0.1) is 34.0 Å². The van der Waals surface area contributed by atoms with Crippen LogP contribution in [0.3, 0.4) is 0 Å². The molecule has 0 aliphatic heterocycles. The molecule has 4 aromatic heterocycles. The number of hydrogen-bond acceptors (Lipinski definition) is 8. The lowest BCUT2D eigenvalue weighted by atomic mass is 10.1. The molecule has 10 nitrogen and oxygen atoms in total. The van der Waals surface area contributed by atoms with Crippen LogP contribution in [0, 0.1) is 17.0 Å². The number of nitro groups is 1. The fourth-order valence-corrected chi connectivity index (χ4v) is 4.49. The molecule has 5 aromatic rings. The normalized spacial score (nSPS) is 10.9. The van der Waals surface area contributed by atoms with Crippen LogP contribution in [-0.4, -0.2) is 30.6 Å². The number of carbonyl (C=O) groups is 1. The predicted octanol–water partition coefficient (Wildman–Crippen LogP) is 5.20. The number of amides is 1. The van der Waals surface area contributed by atoms with E-state index in [1.54, 1.807) is 35.9 Å². The molecular formula is C24H18N6O4S. The first-order valence-corrected chi connectivity index (χ1v) is 11.4. The zero-order chi connectivity index (χ0) is 24.4. The van der Waals surface area contributed by atoms with Crippen LogP contribution >= 0.6 is 11.3 Å². The predicted molar refractivity (Wildman–Crippen MR) is 132 cm³/mol. The number of fused-ring (bicyclic) bond motifs is 1. The average molecular weight is 487 g/mol. The number of thiophene rings is 1. The molecule has 11 heteroatoms. The summed E-state index contributed by atoms with van der Waals surface area (Å²) in [5, 5.41) is 21.5. The molecule has 0 radical (unpaired) electrons. The molecule has 0 saturated heterocycles. The highest BCUT2D eigenvalue weighted by Crippen LogP contribution is 2.33. The van der Waals surface area contributed by atoms with Gasteiger partial charge in [-0.3, -0.25) is 19.9 Å². The second-order valence-corrected chi connectivity index (χ2v) is 8.54. The van der Waals surface area contributed by atoms with E-state index in [1.807, 2.05) is 30.5 Å². The Kier molecular flexibility index (Phi) is 5.90. The van der Waals surface area contributed by atoms with Crippen LogP contribution in [-0.2, 0) is 11.3 Å². The first-order chi connectivity index (χ1) is 17.0. The third-order valence-electron chi connectivity index (χ3n) is 5.14. The molecule has 1 amide bonds. The molecule has 0 atom stereocenters. The van der Waals surface area contributed by atoms with E-state index in [0.29, 0.717) is 11.4 Å². The average Bonchev–Trinajstić information content (AvgIpc) is 3.48. The fraction of sp³-hybridized carbons (Fsp3) is 0.0833. The minimum Gasteiger partial charge on any atom is -0.455 e. The van der Waals surface area contributed by atoms with E-state index in [1.165, 1.54) is 29.1 Å². The fourth-order valence-electron chi connectivity index (χ4n) is 3.73. The SMILES string of the molecule is Cc1nn(CC(=O)Nc2cc(Oc3cccnc3)cc([N+](=O)[O-])c2)c2nccc(-c3cccs3)c12. The van der Waals surface area contributed by atoms with Gasteiger partial charge < -0.3 is 10.1 Å². The lowest BCUT2D eigenvalue weighted by Gasteiger charge is -2.10. The van der Waals surface area contributed by atoms with Gasteiger partial charge in [-0.05, 0) is 36.6 Å². The molecule has 1 aromatic carbocycles. The number of nitrogens with one attached hydrogen (secondary N) is 1. The smallest absolute Gasteiger partial charge is 0.275 e. The van der Waals surface area contributed by atoms with Crippen molar-refractivity contribution in [3.05, 3.63) is 88.3 Å². The standard InChI is InChI=1S/C24H18N6O4S/c1-15-23-20(21-5-3-9-35-21)6-8-26-24(23)29(28-15)14-22(31)27-16-10-17(30(32)33)12-19(11-16)34-18-4-2-7-25-13-18/h2-13H,14H2,1H3,(H,27,31). The number of carbonyl (C=O) groups excluding carboxylic acids is 1. The molecule has 1 N–H and O–H groups in total. The van der Waals surface area contributed by atoms with Crippen molar-refractivity contribution in [3.63, 3.8) is 0 Å². The molecule has 0 saturated carbocycles. The van der Waals surface area contributed by atoms with Gasteiger partial charge in [0.25, 0.3) is 5.69 Å². The van der Waals surface area contributed by atoms with E-state index in [2.05, 4.69) is 20.4 Å². The summed E-state index contributed by atoms with van der Waals surface area (Å²) >= 11 is 1.62. The van der Waals surface area contributed by atoms with Crippen LogP contribution in [0.2, 0.25) is 0 Å². The van der Waals surface area contributed by atoms with Crippen LogP contribution in [0.25, 0.3) is 21.5 Å². The Balaban J connectivity index is 1.40. The Morgan fingerprint density at radius 1 is 1.17 bits per heavy atom. The minimum atomic E-state index is -0.549. The van der Waals surface area contributed by atoms with Crippen molar-refractivity contribution in [3.8, 4) is 21.9 Å². The van der Waals surface area contributed by atoms with Crippen LogP contribution < -0.4 is 10.1 Å². The highest BCUT2D eigenvalue weighted by molar-refractivity contribution is 7.13. The van der Waals surface area contributed by atoms with Gasteiger partial charge in [-0.1, -0.05) is 6.07 Å². The third kappa shape index (κ3) is 4.70. The number of non-ortho nitro benzene ring substituents is 1. The molecule has 0 aliphatic rings. The van der Waals surface area contributed by atoms with Crippen LogP contribution in [0.4, 0.5) is 11.4 Å². The van der Waals surface area contributed by atoms with E-state index in [4.69, 9.17) is 4.74 Å².